The average Bonchev–Trinajstić information content (AvgIpc) is 2.40. The van der Waals surface area contributed by atoms with Crippen LogP contribution in [0.1, 0.15) is 24.1 Å². The van der Waals surface area contributed by atoms with Crippen molar-refractivity contribution in [1.29, 1.82) is 0 Å². The van der Waals surface area contributed by atoms with Crippen LogP contribution < -0.4 is 4.90 Å². The molecule has 1 aliphatic carbocycles. The van der Waals surface area contributed by atoms with Gasteiger partial charge in [-0.3, -0.25) is 0 Å². The van der Waals surface area contributed by atoms with Crippen LogP contribution in [-0.2, 0) is 22.9 Å². The van der Waals surface area contributed by atoms with Crippen LogP contribution in [0.3, 0.4) is 0 Å². The summed E-state index contributed by atoms with van der Waals surface area (Å²) in [5.74, 6) is 1.46. The maximum absolute atomic E-state index is 11.4. The van der Waals surface area contributed by atoms with E-state index in [1.165, 1.54) is 34.7 Å². The first kappa shape index (κ1) is 14.7. The van der Waals surface area contributed by atoms with E-state index < -0.39 is 10.0 Å². The summed E-state index contributed by atoms with van der Waals surface area (Å²) in [5.41, 5.74) is 2.50. The van der Waals surface area contributed by atoms with Gasteiger partial charge in [0.2, 0.25) is 10.0 Å². The lowest BCUT2D eigenvalue weighted by Crippen LogP contribution is -2.52. The second-order valence-electron chi connectivity index (χ2n) is 6.14. The highest BCUT2D eigenvalue weighted by atomic mass is 32.2. The van der Waals surface area contributed by atoms with E-state index in [-0.39, 0.29) is 0 Å². The molecule has 0 aromatic carbocycles. The van der Waals surface area contributed by atoms with Crippen molar-refractivity contribution in [3.8, 4) is 0 Å². The first-order valence-corrected chi connectivity index (χ1v) is 9.29. The van der Waals surface area contributed by atoms with E-state index in [1.807, 2.05) is 0 Å². The molecule has 21 heavy (non-hydrogen) atoms. The Kier molecular flexibility index (Phi) is 3.88. The summed E-state index contributed by atoms with van der Waals surface area (Å²) in [6.07, 6.45) is 7.46. The van der Waals surface area contributed by atoms with Gasteiger partial charge in [-0.05, 0) is 25.7 Å². The molecule has 116 valence electrons. The number of anilines is 1. The quantitative estimate of drug-likeness (QED) is 0.818. The molecule has 2 aliphatic rings. The highest BCUT2D eigenvalue weighted by molar-refractivity contribution is 7.88. The summed E-state index contributed by atoms with van der Waals surface area (Å²) >= 11 is 0. The van der Waals surface area contributed by atoms with Gasteiger partial charge >= 0.3 is 0 Å². The smallest absolute Gasteiger partial charge is 0.210 e. The lowest BCUT2D eigenvalue weighted by Gasteiger charge is -2.42. The zero-order valence-electron chi connectivity index (χ0n) is 12.6. The minimum atomic E-state index is -3.08. The molecule has 0 radical (unpaired) electrons. The minimum Gasteiger partial charge on any atom is -0.355 e. The third-order valence-corrected chi connectivity index (χ3v) is 5.72. The molecule has 1 aliphatic heterocycles. The van der Waals surface area contributed by atoms with Crippen molar-refractivity contribution in [1.82, 2.24) is 14.3 Å². The molecule has 0 unspecified atom stereocenters. The predicted molar refractivity (Wildman–Crippen MR) is 81.9 cm³/mol. The van der Waals surface area contributed by atoms with Gasteiger partial charge in [0, 0.05) is 43.9 Å². The van der Waals surface area contributed by atoms with Gasteiger partial charge in [0.25, 0.3) is 0 Å². The Morgan fingerprint density at radius 1 is 1.29 bits per heavy atom. The topological polar surface area (TPSA) is 66.4 Å². The highest BCUT2D eigenvalue weighted by Crippen LogP contribution is 2.31. The summed E-state index contributed by atoms with van der Waals surface area (Å²) in [6, 6.07) is 0. The maximum atomic E-state index is 11.4. The average molecular weight is 310 g/mol. The van der Waals surface area contributed by atoms with Gasteiger partial charge in [0.15, 0.2) is 0 Å². The van der Waals surface area contributed by atoms with E-state index in [2.05, 4.69) is 14.9 Å². The Morgan fingerprint density at radius 3 is 2.71 bits per heavy atom. The van der Waals surface area contributed by atoms with Crippen molar-refractivity contribution >= 4 is 15.8 Å². The molecule has 1 aromatic rings. The number of aromatic nitrogens is 2. The molecule has 2 heterocycles. The van der Waals surface area contributed by atoms with Crippen molar-refractivity contribution in [2.45, 2.75) is 25.7 Å². The van der Waals surface area contributed by atoms with Crippen molar-refractivity contribution < 1.29 is 8.42 Å². The fourth-order valence-corrected chi connectivity index (χ4v) is 3.62. The third kappa shape index (κ3) is 3.03. The van der Waals surface area contributed by atoms with Crippen molar-refractivity contribution in [2.24, 2.45) is 5.92 Å². The van der Waals surface area contributed by atoms with Gasteiger partial charge in [-0.2, -0.15) is 0 Å². The van der Waals surface area contributed by atoms with Crippen molar-refractivity contribution in [3.63, 3.8) is 0 Å². The normalized spacial score (nSPS) is 19.5. The largest absolute Gasteiger partial charge is 0.355 e. The van der Waals surface area contributed by atoms with Crippen LogP contribution in [0.5, 0.6) is 0 Å². The number of nitrogens with zero attached hydrogens (tertiary/aromatic N) is 4. The van der Waals surface area contributed by atoms with E-state index in [0.29, 0.717) is 12.5 Å². The van der Waals surface area contributed by atoms with Crippen molar-refractivity contribution in [3.05, 3.63) is 17.6 Å². The zero-order valence-corrected chi connectivity index (χ0v) is 13.4. The van der Waals surface area contributed by atoms with Crippen LogP contribution in [0.15, 0.2) is 6.33 Å². The Morgan fingerprint density at radius 2 is 2.00 bits per heavy atom. The monoisotopic (exact) mass is 310 g/mol. The van der Waals surface area contributed by atoms with E-state index in [9.17, 15) is 8.42 Å². The van der Waals surface area contributed by atoms with Crippen LogP contribution in [0.4, 0.5) is 5.82 Å². The third-order valence-electron chi connectivity index (χ3n) is 4.44. The summed E-state index contributed by atoms with van der Waals surface area (Å²) < 4.78 is 24.3. The Labute approximate surface area is 126 Å². The SMILES string of the molecule is CN(CC1CN(c2ncnc3c2CCCC3)C1)S(C)(=O)=O. The number of hydrogen-bond acceptors (Lipinski definition) is 5. The fourth-order valence-electron chi connectivity index (χ4n) is 3.13. The molecule has 0 N–H and O–H groups in total. The molecule has 0 spiro atoms. The Balaban J connectivity index is 1.64. The summed E-state index contributed by atoms with van der Waals surface area (Å²) in [5, 5.41) is 0. The molecule has 1 aromatic heterocycles. The summed E-state index contributed by atoms with van der Waals surface area (Å²) in [6.45, 7) is 2.34. The molecule has 0 saturated carbocycles. The Hall–Kier alpha value is -1.21. The molecular weight excluding hydrogens is 288 g/mol. The van der Waals surface area contributed by atoms with Crippen LogP contribution in [0.25, 0.3) is 0 Å². The van der Waals surface area contributed by atoms with Gasteiger partial charge < -0.3 is 4.90 Å². The van der Waals surface area contributed by atoms with Gasteiger partial charge in [-0.15, -0.1) is 0 Å². The standard InChI is InChI=1S/C14H22N4O2S/c1-17(21(2,19)20)7-11-8-18(9-11)14-12-5-3-4-6-13(12)15-10-16-14/h10-11H,3-9H2,1-2H3. The van der Waals surface area contributed by atoms with E-state index >= 15 is 0 Å². The second kappa shape index (κ2) is 5.53. The molecular formula is C14H22N4O2S. The maximum Gasteiger partial charge on any atom is 0.210 e. The molecule has 1 saturated heterocycles. The van der Waals surface area contributed by atoms with Gasteiger partial charge in [-0.1, -0.05) is 0 Å². The van der Waals surface area contributed by atoms with Crippen LogP contribution in [0, 0.1) is 5.92 Å². The fraction of sp³-hybridized carbons (Fsp3) is 0.714. The van der Waals surface area contributed by atoms with E-state index in [4.69, 9.17) is 0 Å². The van der Waals surface area contributed by atoms with Crippen LogP contribution in [0.2, 0.25) is 0 Å². The minimum absolute atomic E-state index is 0.388. The molecule has 0 bridgehead atoms. The lowest BCUT2D eigenvalue weighted by atomic mass is 9.93. The van der Waals surface area contributed by atoms with Crippen LogP contribution >= 0.6 is 0 Å². The Bertz CT molecular complexity index is 626. The van der Waals surface area contributed by atoms with Gasteiger partial charge in [0.05, 0.1) is 6.26 Å². The number of sulfonamides is 1. The number of rotatable bonds is 4. The molecule has 1 fully saturated rings. The van der Waals surface area contributed by atoms with Gasteiger partial charge in [0.1, 0.15) is 12.1 Å². The number of fused-ring (bicyclic) bond motifs is 1. The highest BCUT2D eigenvalue weighted by Gasteiger charge is 2.32. The second-order valence-corrected chi connectivity index (χ2v) is 8.23. The van der Waals surface area contributed by atoms with E-state index in [1.54, 1.807) is 13.4 Å². The number of hydrogen-bond donors (Lipinski definition) is 0. The first-order chi connectivity index (χ1) is 9.95. The summed E-state index contributed by atoms with van der Waals surface area (Å²) in [4.78, 5) is 11.1. The van der Waals surface area contributed by atoms with Crippen LogP contribution in [-0.4, -0.2) is 55.6 Å². The molecule has 6 nitrogen and oxygen atoms in total. The lowest BCUT2D eigenvalue weighted by molar-refractivity contribution is 0.326. The molecule has 0 atom stereocenters. The molecule has 7 heteroatoms. The molecule has 3 rings (SSSR count). The van der Waals surface area contributed by atoms with Crippen molar-refractivity contribution in [2.75, 3.05) is 37.8 Å². The number of aryl methyl sites for hydroxylation is 1. The first-order valence-electron chi connectivity index (χ1n) is 7.44. The predicted octanol–water partition coefficient (Wildman–Crippen LogP) is 0.683. The van der Waals surface area contributed by atoms with E-state index in [0.717, 1.165) is 31.7 Å². The zero-order chi connectivity index (χ0) is 15.0. The molecule has 0 amide bonds. The summed E-state index contributed by atoms with van der Waals surface area (Å²) in [7, 11) is -1.44. The van der Waals surface area contributed by atoms with Gasteiger partial charge in [-0.25, -0.2) is 22.7 Å².